The third-order valence-corrected chi connectivity index (χ3v) is 4.87. The lowest BCUT2D eigenvalue weighted by molar-refractivity contribution is -0.137. The number of fused-ring (bicyclic) bond motifs is 1. The molecule has 2 fully saturated rings. The van der Waals surface area contributed by atoms with Crippen LogP contribution >= 0.6 is 11.6 Å². The number of nitrogens with one attached hydrogen (secondary N) is 1. The monoisotopic (exact) mass is 348 g/mol. The minimum atomic E-state index is -4.57. The van der Waals surface area contributed by atoms with E-state index in [1.54, 1.807) is 4.90 Å². The molecule has 2 aliphatic rings. The first kappa shape index (κ1) is 16.4. The van der Waals surface area contributed by atoms with E-state index in [-0.39, 0.29) is 23.6 Å². The number of rotatable bonds is 1. The van der Waals surface area contributed by atoms with E-state index in [4.69, 9.17) is 11.6 Å². The van der Waals surface area contributed by atoms with Gasteiger partial charge in [0.15, 0.2) is 0 Å². The van der Waals surface area contributed by atoms with Crippen LogP contribution < -0.4 is 5.32 Å². The number of nitrogens with zero attached hydrogens (tertiary/aromatic N) is 1. The summed E-state index contributed by atoms with van der Waals surface area (Å²) in [4.78, 5) is 13.8. The van der Waals surface area contributed by atoms with Crippen molar-refractivity contribution >= 4 is 23.3 Å². The molecule has 126 valence electrons. The average molecular weight is 349 g/mol. The van der Waals surface area contributed by atoms with Crippen molar-refractivity contribution in [2.45, 2.75) is 25.1 Å². The van der Waals surface area contributed by atoms with Gasteiger partial charge < -0.3 is 15.3 Å². The predicted molar refractivity (Wildman–Crippen MR) is 79.3 cm³/mol. The van der Waals surface area contributed by atoms with Gasteiger partial charge in [-0.25, -0.2) is 4.79 Å². The molecule has 3 atom stereocenters. The highest BCUT2D eigenvalue weighted by Gasteiger charge is 2.42. The van der Waals surface area contributed by atoms with E-state index < -0.39 is 22.8 Å². The van der Waals surface area contributed by atoms with Crippen LogP contribution in [0.2, 0.25) is 5.02 Å². The predicted octanol–water partition coefficient (Wildman–Crippen LogP) is 3.59. The lowest BCUT2D eigenvalue weighted by Gasteiger charge is -2.19. The minimum Gasteiger partial charge on any atom is -0.393 e. The molecule has 1 saturated heterocycles. The number of aliphatic hydroxyl groups excluding tert-OH is 1. The van der Waals surface area contributed by atoms with Gasteiger partial charge in [-0.3, -0.25) is 0 Å². The van der Waals surface area contributed by atoms with Crippen molar-refractivity contribution in [1.82, 2.24) is 4.90 Å². The molecule has 1 unspecified atom stereocenters. The maximum Gasteiger partial charge on any atom is 0.417 e. The minimum absolute atomic E-state index is 0.0591. The standard InChI is InChI=1S/C15H16ClF3N2O2/c16-13-2-1-10(5-12(13)15(17,18)19)20-14(23)21-6-8-3-11(22)4-9(8)7-21/h1-2,5,8-9,11,22H,3-4,6-7H2,(H,20,23)/t8-,9+,11?. The Morgan fingerprint density at radius 3 is 2.43 bits per heavy atom. The molecule has 4 nitrogen and oxygen atoms in total. The van der Waals surface area contributed by atoms with Gasteiger partial charge in [0.2, 0.25) is 0 Å². The van der Waals surface area contributed by atoms with Crippen LogP contribution in [0, 0.1) is 11.8 Å². The summed E-state index contributed by atoms with van der Waals surface area (Å²) >= 11 is 5.56. The molecule has 23 heavy (non-hydrogen) atoms. The third-order valence-electron chi connectivity index (χ3n) is 4.54. The molecule has 1 saturated carbocycles. The highest BCUT2D eigenvalue weighted by molar-refractivity contribution is 6.31. The van der Waals surface area contributed by atoms with Gasteiger partial charge in [0.05, 0.1) is 16.7 Å². The second-order valence-corrected chi connectivity index (χ2v) is 6.58. The number of carbonyl (C=O) groups excluding carboxylic acids is 1. The Balaban J connectivity index is 1.67. The van der Waals surface area contributed by atoms with Crippen molar-refractivity contribution in [3.05, 3.63) is 28.8 Å². The molecule has 0 radical (unpaired) electrons. The lowest BCUT2D eigenvalue weighted by Crippen LogP contribution is -2.34. The molecular formula is C15H16ClF3N2O2. The number of hydrogen-bond acceptors (Lipinski definition) is 2. The van der Waals surface area contributed by atoms with Gasteiger partial charge in [0, 0.05) is 18.8 Å². The highest BCUT2D eigenvalue weighted by atomic mass is 35.5. The zero-order valence-corrected chi connectivity index (χ0v) is 12.9. The van der Waals surface area contributed by atoms with Gasteiger partial charge >= 0.3 is 12.2 Å². The average Bonchev–Trinajstić information content (AvgIpc) is 2.96. The fraction of sp³-hybridized carbons (Fsp3) is 0.533. The maximum atomic E-state index is 12.8. The van der Waals surface area contributed by atoms with Crippen LogP contribution in [-0.4, -0.2) is 35.2 Å². The molecule has 0 spiro atoms. The fourth-order valence-electron chi connectivity index (χ4n) is 3.46. The second-order valence-electron chi connectivity index (χ2n) is 6.17. The van der Waals surface area contributed by atoms with Gasteiger partial charge in [-0.2, -0.15) is 13.2 Å². The number of alkyl halides is 3. The molecule has 2 amide bonds. The number of carbonyl (C=O) groups is 1. The zero-order chi connectivity index (χ0) is 16.8. The van der Waals surface area contributed by atoms with E-state index >= 15 is 0 Å². The van der Waals surface area contributed by atoms with Gasteiger partial charge in [-0.1, -0.05) is 11.6 Å². The van der Waals surface area contributed by atoms with E-state index in [0.717, 1.165) is 12.1 Å². The van der Waals surface area contributed by atoms with E-state index in [2.05, 4.69) is 5.32 Å². The highest BCUT2D eigenvalue weighted by Crippen LogP contribution is 2.39. The molecule has 1 aromatic rings. The molecule has 0 bridgehead atoms. The van der Waals surface area contributed by atoms with E-state index in [9.17, 15) is 23.1 Å². The molecule has 8 heteroatoms. The van der Waals surface area contributed by atoms with Crippen LogP contribution in [0.1, 0.15) is 18.4 Å². The number of aliphatic hydroxyl groups is 1. The molecule has 1 aliphatic carbocycles. The Kier molecular flexibility index (Phi) is 4.18. The summed E-state index contributed by atoms with van der Waals surface area (Å²) < 4.78 is 38.5. The summed E-state index contributed by atoms with van der Waals surface area (Å²) in [5, 5.41) is 11.7. The van der Waals surface area contributed by atoms with Crippen LogP contribution in [-0.2, 0) is 6.18 Å². The summed E-state index contributed by atoms with van der Waals surface area (Å²) in [5.74, 6) is 0.540. The SMILES string of the molecule is O=C(Nc1ccc(Cl)c(C(F)(F)F)c1)N1C[C@H]2CC(O)C[C@H]2C1. The van der Waals surface area contributed by atoms with Crippen molar-refractivity contribution in [3.8, 4) is 0 Å². The molecule has 0 aromatic heterocycles. The Labute approximate surface area is 136 Å². The topological polar surface area (TPSA) is 52.6 Å². The number of anilines is 1. The number of halogens is 4. The summed E-state index contributed by atoms with van der Waals surface area (Å²) in [5.41, 5.74) is -0.915. The van der Waals surface area contributed by atoms with E-state index in [1.807, 2.05) is 0 Å². The first-order chi connectivity index (χ1) is 10.7. The van der Waals surface area contributed by atoms with Crippen LogP contribution in [0.4, 0.5) is 23.7 Å². The number of likely N-dealkylation sites (tertiary alicyclic amines) is 1. The molecule has 1 aromatic carbocycles. The molecular weight excluding hydrogens is 333 g/mol. The molecule has 3 rings (SSSR count). The Morgan fingerprint density at radius 1 is 1.26 bits per heavy atom. The summed E-state index contributed by atoms with van der Waals surface area (Å²) in [6.45, 7) is 1.04. The van der Waals surface area contributed by atoms with E-state index in [0.29, 0.717) is 25.9 Å². The van der Waals surface area contributed by atoms with Crippen molar-refractivity contribution in [1.29, 1.82) is 0 Å². The van der Waals surface area contributed by atoms with Gasteiger partial charge in [0.25, 0.3) is 0 Å². The van der Waals surface area contributed by atoms with Gasteiger partial charge in [-0.15, -0.1) is 0 Å². The first-order valence-corrected chi connectivity index (χ1v) is 7.72. The smallest absolute Gasteiger partial charge is 0.393 e. The van der Waals surface area contributed by atoms with Crippen LogP contribution in [0.15, 0.2) is 18.2 Å². The number of urea groups is 1. The van der Waals surface area contributed by atoms with Crippen LogP contribution in [0.3, 0.4) is 0 Å². The number of benzene rings is 1. The van der Waals surface area contributed by atoms with Crippen molar-refractivity contribution < 1.29 is 23.1 Å². The summed E-state index contributed by atoms with van der Waals surface area (Å²) in [7, 11) is 0. The molecule has 1 aliphatic heterocycles. The van der Waals surface area contributed by atoms with Crippen molar-refractivity contribution in [2.75, 3.05) is 18.4 Å². The molecule has 2 N–H and O–H groups in total. The molecule has 1 heterocycles. The maximum absolute atomic E-state index is 12.8. The number of amides is 2. The van der Waals surface area contributed by atoms with Gasteiger partial charge in [0.1, 0.15) is 0 Å². The Bertz CT molecular complexity index is 609. The van der Waals surface area contributed by atoms with Crippen molar-refractivity contribution in [2.24, 2.45) is 11.8 Å². The Hall–Kier alpha value is -1.47. The van der Waals surface area contributed by atoms with Gasteiger partial charge in [-0.05, 0) is 42.9 Å². The Morgan fingerprint density at radius 2 is 1.87 bits per heavy atom. The largest absolute Gasteiger partial charge is 0.417 e. The lowest BCUT2D eigenvalue weighted by atomic mass is 10.0. The van der Waals surface area contributed by atoms with Crippen LogP contribution in [0.5, 0.6) is 0 Å². The quantitative estimate of drug-likeness (QED) is 0.815. The second kappa shape index (κ2) is 5.87. The third kappa shape index (κ3) is 3.40. The fourth-order valence-corrected chi connectivity index (χ4v) is 3.68. The summed E-state index contributed by atoms with van der Waals surface area (Å²) in [6, 6.07) is 2.87. The summed E-state index contributed by atoms with van der Waals surface area (Å²) in [6.07, 6.45) is -3.53. The zero-order valence-electron chi connectivity index (χ0n) is 12.1. The normalized spacial score (nSPS) is 27.2. The van der Waals surface area contributed by atoms with Crippen molar-refractivity contribution in [3.63, 3.8) is 0 Å². The number of hydrogen-bond donors (Lipinski definition) is 2. The van der Waals surface area contributed by atoms with Crippen LogP contribution in [0.25, 0.3) is 0 Å². The first-order valence-electron chi connectivity index (χ1n) is 7.35. The van der Waals surface area contributed by atoms with E-state index in [1.165, 1.54) is 6.07 Å².